The number of anilines is 1. The first-order valence-corrected chi connectivity index (χ1v) is 12.6. The molecule has 1 aliphatic rings. The number of hydrogen-bond acceptors (Lipinski definition) is 3. The van der Waals surface area contributed by atoms with Crippen LogP contribution in [0.5, 0.6) is 0 Å². The molecule has 1 saturated heterocycles. The van der Waals surface area contributed by atoms with Crippen molar-refractivity contribution < 1.29 is 22.8 Å². The van der Waals surface area contributed by atoms with Crippen LogP contribution in [0.15, 0.2) is 67.0 Å². The minimum absolute atomic E-state index is 0.171. The molecule has 9 heteroatoms. The number of rotatable bonds is 5. The van der Waals surface area contributed by atoms with Crippen LogP contribution in [0.3, 0.4) is 0 Å². The maximum atomic E-state index is 14.1. The summed E-state index contributed by atoms with van der Waals surface area (Å²) in [6.07, 6.45) is 5.45. The summed E-state index contributed by atoms with van der Waals surface area (Å²) >= 11 is 0. The summed E-state index contributed by atoms with van der Waals surface area (Å²) in [4.78, 5) is 27.6. The predicted octanol–water partition coefficient (Wildman–Crippen LogP) is 6.08. The van der Waals surface area contributed by atoms with E-state index in [4.69, 9.17) is 0 Å². The van der Waals surface area contributed by atoms with Gasteiger partial charge in [-0.2, -0.15) is 5.10 Å². The molecule has 6 nitrogen and oxygen atoms in total. The Labute approximate surface area is 224 Å². The van der Waals surface area contributed by atoms with Gasteiger partial charge >= 0.3 is 0 Å². The van der Waals surface area contributed by atoms with Gasteiger partial charge in [0.05, 0.1) is 11.8 Å². The van der Waals surface area contributed by atoms with Gasteiger partial charge in [0.15, 0.2) is 17.5 Å². The number of nitrogens with zero attached hydrogens (tertiary/aromatic N) is 3. The normalized spacial score (nSPS) is 13.9. The van der Waals surface area contributed by atoms with Crippen molar-refractivity contribution in [3.8, 4) is 11.1 Å². The highest BCUT2D eigenvalue weighted by atomic mass is 19.2. The quantitative estimate of drug-likeness (QED) is 0.317. The first-order chi connectivity index (χ1) is 18.7. The highest BCUT2D eigenvalue weighted by molar-refractivity contribution is 6.05. The number of carbonyl (C=O) groups is 2. The molecule has 0 saturated carbocycles. The maximum absolute atomic E-state index is 14.1. The fourth-order valence-electron chi connectivity index (χ4n) is 4.90. The molecule has 0 unspecified atom stereocenters. The smallest absolute Gasteiger partial charge is 0.258 e. The highest BCUT2D eigenvalue weighted by Gasteiger charge is 2.26. The number of aryl methyl sites for hydroxylation is 2. The third-order valence-electron chi connectivity index (χ3n) is 7.22. The summed E-state index contributed by atoms with van der Waals surface area (Å²) in [5.41, 5.74) is 4.08. The Morgan fingerprint density at radius 2 is 1.64 bits per heavy atom. The number of hydrogen-bond donors (Lipinski definition) is 1. The number of benzene rings is 3. The van der Waals surface area contributed by atoms with Gasteiger partial charge in [-0.05, 0) is 66.6 Å². The lowest BCUT2D eigenvalue weighted by Gasteiger charge is -2.32. The number of nitrogens with one attached hydrogen (secondary N) is 1. The molecule has 2 amide bonds. The second kappa shape index (κ2) is 10.8. The van der Waals surface area contributed by atoms with Crippen molar-refractivity contribution in [3.63, 3.8) is 0 Å². The highest BCUT2D eigenvalue weighted by Crippen LogP contribution is 2.31. The van der Waals surface area contributed by atoms with Crippen molar-refractivity contribution in [1.82, 2.24) is 14.7 Å². The number of aromatic nitrogens is 2. The molecule has 2 heterocycles. The Bertz CT molecular complexity index is 1540. The lowest BCUT2D eigenvalue weighted by molar-refractivity contribution is 0.0712. The zero-order valence-corrected chi connectivity index (χ0v) is 21.5. The van der Waals surface area contributed by atoms with E-state index in [1.807, 2.05) is 19.4 Å². The SMILES string of the molecule is Cc1ccc(C(=O)N2CCC(c3ccc(-c4cnn(C)c4)cc3)CC2)cc1NC(=O)c1ccc(F)c(F)c1F. The molecule has 0 aliphatic carbocycles. The van der Waals surface area contributed by atoms with Crippen molar-refractivity contribution >= 4 is 17.5 Å². The van der Waals surface area contributed by atoms with Gasteiger partial charge in [-0.15, -0.1) is 0 Å². The largest absolute Gasteiger partial charge is 0.339 e. The number of amides is 2. The van der Waals surface area contributed by atoms with Crippen molar-refractivity contribution in [1.29, 1.82) is 0 Å². The van der Waals surface area contributed by atoms with Gasteiger partial charge in [-0.25, -0.2) is 13.2 Å². The molecule has 0 bridgehead atoms. The minimum Gasteiger partial charge on any atom is -0.339 e. The third-order valence-corrected chi connectivity index (χ3v) is 7.22. The van der Waals surface area contributed by atoms with E-state index in [-0.39, 0.29) is 5.91 Å². The lowest BCUT2D eigenvalue weighted by Crippen LogP contribution is -2.38. The summed E-state index contributed by atoms with van der Waals surface area (Å²) in [5, 5.41) is 6.73. The number of piperidine rings is 1. The summed E-state index contributed by atoms with van der Waals surface area (Å²) in [6.45, 7) is 2.89. The number of likely N-dealkylation sites (tertiary alicyclic amines) is 1. The van der Waals surface area contributed by atoms with Crippen LogP contribution in [-0.4, -0.2) is 39.6 Å². The Kier molecular flexibility index (Phi) is 7.24. The maximum Gasteiger partial charge on any atom is 0.258 e. The molecule has 0 radical (unpaired) electrons. The molecule has 1 fully saturated rings. The molecule has 1 aliphatic heterocycles. The third kappa shape index (κ3) is 5.43. The van der Waals surface area contributed by atoms with Crippen molar-refractivity contribution in [3.05, 3.63) is 107 Å². The van der Waals surface area contributed by atoms with Gasteiger partial charge in [-0.1, -0.05) is 30.3 Å². The van der Waals surface area contributed by atoms with Crippen LogP contribution in [0, 0.1) is 24.4 Å². The number of halogens is 3. The second-order valence-electron chi connectivity index (χ2n) is 9.80. The van der Waals surface area contributed by atoms with E-state index < -0.39 is 28.9 Å². The van der Waals surface area contributed by atoms with E-state index in [1.165, 1.54) is 11.6 Å². The topological polar surface area (TPSA) is 67.2 Å². The van der Waals surface area contributed by atoms with Crippen LogP contribution in [0.2, 0.25) is 0 Å². The summed E-state index contributed by atoms with van der Waals surface area (Å²) in [6, 6.07) is 14.9. The standard InChI is InChI=1S/C30H27F3N4O2/c1-18-3-4-22(15-26(18)35-29(38)24-9-10-25(31)28(33)27(24)32)30(39)37-13-11-21(12-14-37)19-5-7-20(8-6-19)23-16-34-36(2)17-23/h3-10,15-17,21H,11-14H2,1-2H3,(H,35,38). The van der Waals surface area contributed by atoms with Crippen LogP contribution in [0.1, 0.15) is 50.6 Å². The molecule has 5 rings (SSSR count). The van der Waals surface area contributed by atoms with Gasteiger partial charge in [0.2, 0.25) is 0 Å². The van der Waals surface area contributed by atoms with Crippen LogP contribution in [-0.2, 0) is 7.05 Å². The molecular weight excluding hydrogens is 505 g/mol. The Morgan fingerprint density at radius 3 is 2.31 bits per heavy atom. The first kappa shape index (κ1) is 26.2. The van der Waals surface area contributed by atoms with E-state index in [0.29, 0.717) is 41.9 Å². The summed E-state index contributed by atoms with van der Waals surface area (Å²) in [5.74, 6) is -5.42. The number of carbonyl (C=O) groups excluding carboxylic acids is 2. The summed E-state index contributed by atoms with van der Waals surface area (Å²) in [7, 11) is 1.89. The van der Waals surface area contributed by atoms with Gasteiger partial charge in [0.1, 0.15) is 0 Å². The first-order valence-electron chi connectivity index (χ1n) is 12.6. The van der Waals surface area contributed by atoms with Gasteiger partial charge in [-0.3, -0.25) is 14.3 Å². The van der Waals surface area contributed by atoms with Crippen molar-refractivity contribution in [2.45, 2.75) is 25.7 Å². The van der Waals surface area contributed by atoms with Gasteiger partial charge in [0, 0.05) is 43.1 Å². The van der Waals surface area contributed by atoms with E-state index in [2.05, 4.69) is 34.7 Å². The molecule has 0 spiro atoms. The second-order valence-corrected chi connectivity index (χ2v) is 9.80. The Balaban J connectivity index is 1.23. The molecule has 0 atom stereocenters. The van der Waals surface area contributed by atoms with E-state index in [9.17, 15) is 22.8 Å². The monoisotopic (exact) mass is 532 g/mol. The molecular formula is C30H27F3N4O2. The Morgan fingerprint density at radius 1 is 0.923 bits per heavy atom. The van der Waals surface area contributed by atoms with Crippen molar-refractivity contribution in [2.24, 2.45) is 7.05 Å². The van der Waals surface area contributed by atoms with E-state index >= 15 is 0 Å². The predicted molar refractivity (Wildman–Crippen MR) is 142 cm³/mol. The Hall–Kier alpha value is -4.40. The van der Waals surface area contributed by atoms with E-state index in [0.717, 1.165) is 30.0 Å². The zero-order chi connectivity index (χ0) is 27.7. The summed E-state index contributed by atoms with van der Waals surface area (Å²) < 4.78 is 42.7. The van der Waals surface area contributed by atoms with Crippen LogP contribution >= 0.6 is 0 Å². The average Bonchev–Trinajstić information content (AvgIpc) is 3.39. The van der Waals surface area contributed by atoms with Crippen LogP contribution < -0.4 is 5.32 Å². The molecule has 39 heavy (non-hydrogen) atoms. The van der Waals surface area contributed by atoms with Gasteiger partial charge in [0.25, 0.3) is 11.8 Å². The minimum atomic E-state index is -1.71. The molecule has 1 aromatic heterocycles. The fourth-order valence-corrected chi connectivity index (χ4v) is 4.90. The van der Waals surface area contributed by atoms with Crippen LogP contribution in [0.4, 0.5) is 18.9 Å². The molecule has 1 N–H and O–H groups in total. The molecule has 200 valence electrons. The van der Waals surface area contributed by atoms with Crippen molar-refractivity contribution in [2.75, 3.05) is 18.4 Å². The molecule has 3 aromatic carbocycles. The van der Waals surface area contributed by atoms with Crippen LogP contribution in [0.25, 0.3) is 11.1 Å². The lowest BCUT2D eigenvalue weighted by atomic mass is 9.88. The fraction of sp³-hybridized carbons (Fsp3) is 0.233. The molecule has 4 aromatic rings. The van der Waals surface area contributed by atoms with Gasteiger partial charge < -0.3 is 10.2 Å². The zero-order valence-electron chi connectivity index (χ0n) is 21.5. The van der Waals surface area contributed by atoms with E-state index in [1.54, 1.807) is 28.6 Å². The average molecular weight is 533 g/mol.